The third-order valence-electron chi connectivity index (χ3n) is 2.59. The van der Waals surface area contributed by atoms with Gasteiger partial charge in [-0.3, -0.25) is 19.8 Å². The molecule has 0 bridgehead atoms. The topological polar surface area (TPSA) is 95.7 Å². The molecule has 0 aliphatic rings. The second-order valence-corrected chi connectivity index (χ2v) is 3.94. The number of nitrogens with one attached hydrogen (secondary N) is 1. The summed E-state index contributed by atoms with van der Waals surface area (Å²) in [7, 11) is 0. The number of likely N-dealkylation sites (N-methyl/N-ethyl adjacent to an activating group) is 1. The summed E-state index contributed by atoms with van der Waals surface area (Å²) in [5.74, 6) is -0.218. The molecule has 0 unspecified atom stereocenters. The van der Waals surface area contributed by atoms with Crippen molar-refractivity contribution in [3.63, 3.8) is 0 Å². The average Bonchev–Trinajstić information content (AvgIpc) is 2.38. The molecular formula is C12H17N3O4. The van der Waals surface area contributed by atoms with Crippen molar-refractivity contribution in [2.24, 2.45) is 0 Å². The lowest BCUT2D eigenvalue weighted by Gasteiger charge is -2.18. The van der Waals surface area contributed by atoms with Gasteiger partial charge < -0.3 is 10.4 Å². The van der Waals surface area contributed by atoms with E-state index in [4.69, 9.17) is 5.11 Å². The molecule has 104 valence electrons. The summed E-state index contributed by atoms with van der Waals surface area (Å²) >= 11 is 0. The fourth-order valence-electron chi connectivity index (χ4n) is 1.56. The van der Waals surface area contributed by atoms with Crippen LogP contribution in [0.3, 0.4) is 0 Å². The Bertz CT molecular complexity index is 433. The van der Waals surface area contributed by atoms with Gasteiger partial charge in [0.15, 0.2) is 0 Å². The fourth-order valence-corrected chi connectivity index (χ4v) is 1.56. The first-order valence-corrected chi connectivity index (χ1v) is 5.94. The van der Waals surface area contributed by atoms with E-state index in [1.54, 1.807) is 4.90 Å². The van der Waals surface area contributed by atoms with Crippen LogP contribution < -0.4 is 5.32 Å². The first kappa shape index (κ1) is 15.1. The van der Waals surface area contributed by atoms with Gasteiger partial charge in [0.05, 0.1) is 18.1 Å². The largest absolute Gasteiger partial charge is 0.395 e. The molecule has 0 aliphatic heterocycles. The molecule has 0 aromatic heterocycles. The lowest BCUT2D eigenvalue weighted by Crippen LogP contribution is -2.35. The number of amides is 1. The summed E-state index contributed by atoms with van der Waals surface area (Å²) in [6.07, 6.45) is 0. The number of nitrogens with zero attached hydrogens (tertiary/aromatic N) is 2. The number of rotatable bonds is 7. The van der Waals surface area contributed by atoms with Gasteiger partial charge in [0.1, 0.15) is 0 Å². The number of carbonyl (C=O) groups is 1. The number of carbonyl (C=O) groups excluding carboxylic acids is 1. The molecule has 0 saturated carbocycles. The summed E-state index contributed by atoms with van der Waals surface area (Å²) < 4.78 is 0. The Balaban J connectivity index is 2.54. The molecule has 19 heavy (non-hydrogen) atoms. The monoisotopic (exact) mass is 267 g/mol. The van der Waals surface area contributed by atoms with Gasteiger partial charge in [-0.05, 0) is 18.7 Å². The van der Waals surface area contributed by atoms with Crippen LogP contribution in [0.4, 0.5) is 11.4 Å². The Hall–Kier alpha value is -1.99. The van der Waals surface area contributed by atoms with Crippen molar-refractivity contribution >= 4 is 17.3 Å². The van der Waals surface area contributed by atoms with Crippen molar-refractivity contribution in [2.45, 2.75) is 6.92 Å². The molecule has 7 nitrogen and oxygen atoms in total. The van der Waals surface area contributed by atoms with E-state index < -0.39 is 4.92 Å². The van der Waals surface area contributed by atoms with Crippen LogP contribution in [0.5, 0.6) is 0 Å². The van der Waals surface area contributed by atoms with E-state index in [1.807, 2.05) is 6.92 Å². The first-order valence-electron chi connectivity index (χ1n) is 5.94. The SMILES string of the molecule is CCN(CCO)CC(=O)Nc1ccc([N+](=O)[O-])cc1. The molecule has 7 heteroatoms. The van der Waals surface area contributed by atoms with Crippen molar-refractivity contribution in [1.82, 2.24) is 4.90 Å². The Kier molecular flexibility index (Phi) is 5.91. The average molecular weight is 267 g/mol. The summed E-state index contributed by atoms with van der Waals surface area (Å²) in [5.41, 5.74) is 0.490. The molecule has 0 saturated heterocycles. The molecule has 0 fully saturated rings. The van der Waals surface area contributed by atoms with Crippen LogP contribution in [0.25, 0.3) is 0 Å². The molecule has 0 radical (unpaired) electrons. The minimum atomic E-state index is -0.494. The zero-order valence-corrected chi connectivity index (χ0v) is 10.7. The molecule has 1 aromatic carbocycles. The van der Waals surface area contributed by atoms with E-state index in [1.165, 1.54) is 24.3 Å². The minimum absolute atomic E-state index is 0.00134. The number of hydrogen-bond donors (Lipinski definition) is 2. The van der Waals surface area contributed by atoms with Crippen LogP contribution in [0.2, 0.25) is 0 Å². The molecule has 2 N–H and O–H groups in total. The second-order valence-electron chi connectivity index (χ2n) is 3.94. The molecule has 0 heterocycles. The van der Waals surface area contributed by atoms with Crippen LogP contribution in [-0.4, -0.2) is 47.1 Å². The van der Waals surface area contributed by atoms with Gasteiger partial charge >= 0.3 is 0 Å². The number of aliphatic hydroxyl groups excluding tert-OH is 1. The summed E-state index contributed by atoms with van der Waals surface area (Å²) in [6.45, 7) is 3.17. The number of benzene rings is 1. The van der Waals surface area contributed by atoms with Gasteiger partial charge in [0.25, 0.3) is 5.69 Å². The van der Waals surface area contributed by atoms with E-state index >= 15 is 0 Å². The Labute approximate surface area is 111 Å². The van der Waals surface area contributed by atoms with E-state index in [9.17, 15) is 14.9 Å². The quantitative estimate of drug-likeness (QED) is 0.564. The van der Waals surface area contributed by atoms with Crippen molar-refractivity contribution in [2.75, 3.05) is 31.6 Å². The molecular weight excluding hydrogens is 250 g/mol. The number of nitro groups is 1. The summed E-state index contributed by atoms with van der Waals surface area (Å²) in [5, 5.41) is 21.9. The van der Waals surface area contributed by atoms with E-state index in [2.05, 4.69) is 5.32 Å². The Morgan fingerprint density at radius 1 is 1.42 bits per heavy atom. The van der Waals surface area contributed by atoms with Crippen molar-refractivity contribution in [3.8, 4) is 0 Å². The number of nitro benzene ring substituents is 1. The summed E-state index contributed by atoms with van der Waals surface area (Å²) in [6, 6.07) is 5.64. The van der Waals surface area contributed by atoms with Crippen LogP contribution in [0, 0.1) is 10.1 Å². The van der Waals surface area contributed by atoms with Gasteiger partial charge in [-0.15, -0.1) is 0 Å². The van der Waals surface area contributed by atoms with Crippen molar-refractivity contribution in [1.29, 1.82) is 0 Å². The number of hydrogen-bond acceptors (Lipinski definition) is 5. The Morgan fingerprint density at radius 3 is 2.53 bits per heavy atom. The van der Waals surface area contributed by atoms with Crippen molar-refractivity contribution in [3.05, 3.63) is 34.4 Å². The molecule has 1 aromatic rings. The van der Waals surface area contributed by atoms with Crippen LogP contribution in [0.1, 0.15) is 6.92 Å². The lowest BCUT2D eigenvalue weighted by molar-refractivity contribution is -0.384. The van der Waals surface area contributed by atoms with E-state index in [-0.39, 0.29) is 24.7 Å². The highest BCUT2D eigenvalue weighted by Gasteiger charge is 2.09. The van der Waals surface area contributed by atoms with Gasteiger partial charge in [0, 0.05) is 24.4 Å². The third kappa shape index (κ3) is 5.02. The highest BCUT2D eigenvalue weighted by Crippen LogP contribution is 2.15. The highest BCUT2D eigenvalue weighted by molar-refractivity contribution is 5.92. The number of anilines is 1. The fraction of sp³-hybridized carbons (Fsp3) is 0.417. The molecule has 1 amide bonds. The van der Waals surface area contributed by atoms with Crippen molar-refractivity contribution < 1.29 is 14.8 Å². The Morgan fingerprint density at radius 2 is 2.05 bits per heavy atom. The van der Waals surface area contributed by atoms with Gasteiger partial charge in [-0.2, -0.15) is 0 Å². The smallest absolute Gasteiger partial charge is 0.269 e. The standard InChI is InChI=1S/C12H17N3O4/c1-2-14(7-8-16)9-12(17)13-10-3-5-11(6-4-10)15(18)19/h3-6,16H,2,7-9H2,1H3,(H,13,17). The normalized spacial score (nSPS) is 10.5. The maximum Gasteiger partial charge on any atom is 0.269 e. The molecule has 0 spiro atoms. The van der Waals surface area contributed by atoms with Gasteiger partial charge in [-0.1, -0.05) is 6.92 Å². The predicted molar refractivity (Wildman–Crippen MR) is 70.9 cm³/mol. The van der Waals surface area contributed by atoms with Crippen LogP contribution in [-0.2, 0) is 4.79 Å². The number of non-ortho nitro benzene ring substituents is 1. The van der Waals surface area contributed by atoms with E-state index in [0.717, 1.165) is 0 Å². The van der Waals surface area contributed by atoms with Crippen LogP contribution >= 0.6 is 0 Å². The molecule has 0 atom stereocenters. The summed E-state index contributed by atoms with van der Waals surface area (Å²) in [4.78, 5) is 23.5. The number of aliphatic hydroxyl groups is 1. The van der Waals surface area contributed by atoms with Gasteiger partial charge in [0.2, 0.25) is 5.91 Å². The molecule has 1 rings (SSSR count). The molecule has 0 aliphatic carbocycles. The minimum Gasteiger partial charge on any atom is -0.395 e. The maximum absolute atomic E-state index is 11.7. The zero-order chi connectivity index (χ0) is 14.3. The first-order chi connectivity index (χ1) is 9.06. The highest BCUT2D eigenvalue weighted by atomic mass is 16.6. The lowest BCUT2D eigenvalue weighted by atomic mass is 10.3. The predicted octanol–water partition coefficient (Wildman–Crippen LogP) is 0.847. The maximum atomic E-state index is 11.7. The second kappa shape index (κ2) is 7.45. The third-order valence-corrected chi connectivity index (χ3v) is 2.59. The zero-order valence-electron chi connectivity index (χ0n) is 10.7. The van der Waals surface area contributed by atoms with Gasteiger partial charge in [-0.25, -0.2) is 0 Å². The van der Waals surface area contributed by atoms with E-state index in [0.29, 0.717) is 18.8 Å². The van der Waals surface area contributed by atoms with Crippen LogP contribution in [0.15, 0.2) is 24.3 Å².